The number of pyridine rings is 1. The number of likely N-dealkylation sites (tertiary alicyclic amines) is 1. The highest BCUT2D eigenvalue weighted by molar-refractivity contribution is 6.04. The quantitative estimate of drug-likeness (QED) is 0.861. The molecule has 2 aromatic rings. The van der Waals surface area contributed by atoms with Crippen LogP contribution in [0, 0.1) is 0 Å². The van der Waals surface area contributed by atoms with Crippen molar-refractivity contribution >= 4 is 11.6 Å². The lowest BCUT2D eigenvalue weighted by molar-refractivity contribution is 0.102. The Morgan fingerprint density at radius 3 is 2.44 bits per heavy atom. The lowest BCUT2D eigenvalue weighted by Gasteiger charge is -2.27. The number of anilines is 1. The van der Waals surface area contributed by atoms with Crippen molar-refractivity contribution in [2.24, 2.45) is 0 Å². The van der Waals surface area contributed by atoms with Gasteiger partial charge in [0.25, 0.3) is 11.5 Å². The predicted octanol–water partition coefficient (Wildman–Crippen LogP) is 3.91. The summed E-state index contributed by atoms with van der Waals surface area (Å²) in [5.74, 6) is -0.372. The average Bonchev–Trinajstić information content (AvgIpc) is 2.63. The highest BCUT2D eigenvalue weighted by Gasteiger charge is 2.19. The molecule has 1 aliphatic heterocycles. The molecule has 0 atom stereocenters. The number of rotatable bonds is 4. The van der Waals surface area contributed by atoms with E-state index in [9.17, 15) is 9.59 Å². The van der Waals surface area contributed by atoms with Gasteiger partial charge in [-0.1, -0.05) is 45.4 Å². The average molecular weight is 367 g/mol. The molecule has 0 bridgehead atoms. The Bertz CT molecular complexity index is 858. The summed E-state index contributed by atoms with van der Waals surface area (Å²) in [5, 5.41) is 2.93. The fourth-order valence-corrected chi connectivity index (χ4v) is 3.42. The van der Waals surface area contributed by atoms with Crippen molar-refractivity contribution in [1.29, 1.82) is 0 Å². The van der Waals surface area contributed by atoms with Crippen LogP contribution in [0.3, 0.4) is 0 Å². The lowest BCUT2D eigenvalue weighted by Crippen LogP contribution is -2.30. The summed E-state index contributed by atoms with van der Waals surface area (Å²) in [6, 6.07) is 11.3. The van der Waals surface area contributed by atoms with Crippen molar-refractivity contribution in [3.63, 3.8) is 0 Å². The van der Waals surface area contributed by atoms with E-state index in [1.165, 1.54) is 19.3 Å². The third-order valence-electron chi connectivity index (χ3n) is 5.07. The highest BCUT2D eigenvalue weighted by atomic mass is 16.2. The zero-order chi connectivity index (χ0) is 19.4. The number of benzene rings is 1. The van der Waals surface area contributed by atoms with E-state index < -0.39 is 0 Å². The number of H-pyrrole nitrogens is 1. The minimum absolute atomic E-state index is 0.135. The summed E-state index contributed by atoms with van der Waals surface area (Å²) in [6.07, 6.45) is 3.75. The van der Waals surface area contributed by atoms with Crippen LogP contribution in [0.15, 0.2) is 41.2 Å². The molecular formula is C22H29N3O2. The molecule has 5 heteroatoms. The first kappa shape index (κ1) is 19.4. The van der Waals surface area contributed by atoms with E-state index in [0.29, 0.717) is 0 Å². The Kier molecular flexibility index (Phi) is 5.80. The molecule has 0 aliphatic carbocycles. The number of carbonyl (C=O) groups is 1. The second-order valence-electron chi connectivity index (χ2n) is 8.31. The van der Waals surface area contributed by atoms with Gasteiger partial charge < -0.3 is 10.3 Å². The second kappa shape index (κ2) is 8.09. The van der Waals surface area contributed by atoms with E-state index >= 15 is 0 Å². The first-order valence-electron chi connectivity index (χ1n) is 9.70. The van der Waals surface area contributed by atoms with Crippen molar-refractivity contribution in [3.05, 3.63) is 63.6 Å². The van der Waals surface area contributed by atoms with Gasteiger partial charge in [-0.3, -0.25) is 14.5 Å². The minimum atomic E-state index is -0.372. The highest BCUT2D eigenvalue weighted by Crippen LogP contribution is 2.21. The first-order chi connectivity index (χ1) is 12.8. The summed E-state index contributed by atoms with van der Waals surface area (Å²) in [5.41, 5.74) is 2.27. The van der Waals surface area contributed by atoms with Gasteiger partial charge in [0.05, 0.1) is 0 Å². The number of aromatic amines is 1. The summed E-state index contributed by atoms with van der Waals surface area (Å²) in [7, 11) is 0. The largest absolute Gasteiger partial charge is 0.325 e. The van der Waals surface area contributed by atoms with Crippen LogP contribution in [0.2, 0.25) is 0 Å². The number of carbonyl (C=O) groups excluding carboxylic acids is 1. The molecule has 2 N–H and O–H groups in total. The van der Waals surface area contributed by atoms with Gasteiger partial charge >= 0.3 is 0 Å². The molecule has 1 aromatic carbocycles. The summed E-state index contributed by atoms with van der Waals surface area (Å²) in [4.78, 5) is 30.3. The molecule has 1 aromatic heterocycles. The summed E-state index contributed by atoms with van der Waals surface area (Å²) >= 11 is 0. The van der Waals surface area contributed by atoms with Crippen LogP contribution in [0.25, 0.3) is 0 Å². The molecule has 1 fully saturated rings. The summed E-state index contributed by atoms with van der Waals surface area (Å²) in [6.45, 7) is 9.07. The SMILES string of the molecule is CC(C)(C)c1ccc(C(=O)Nc2ccccc2CN2CCCCC2)c(=O)[nH]1. The van der Waals surface area contributed by atoms with Crippen LogP contribution >= 0.6 is 0 Å². The third-order valence-corrected chi connectivity index (χ3v) is 5.07. The molecular weight excluding hydrogens is 338 g/mol. The van der Waals surface area contributed by atoms with Gasteiger partial charge in [-0.15, -0.1) is 0 Å². The smallest absolute Gasteiger partial charge is 0.261 e. The van der Waals surface area contributed by atoms with Crippen molar-refractivity contribution in [3.8, 4) is 0 Å². The Hall–Kier alpha value is -2.40. The van der Waals surface area contributed by atoms with Gasteiger partial charge in [-0.2, -0.15) is 0 Å². The van der Waals surface area contributed by atoms with Crippen LogP contribution in [0.4, 0.5) is 5.69 Å². The van der Waals surface area contributed by atoms with Crippen molar-refractivity contribution < 1.29 is 4.79 Å². The van der Waals surface area contributed by atoms with Gasteiger partial charge in [0.1, 0.15) is 5.56 Å². The van der Waals surface area contributed by atoms with Gasteiger partial charge in [0.2, 0.25) is 0 Å². The molecule has 0 spiro atoms. The number of nitrogens with one attached hydrogen (secondary N) is 2. The molecule has 3 rings (SSSR count). The van der Waals surface area contributed by atoms with Gasteiger partial charge in [0, 0.05) is 23.3 Å². The van der Waals surface area contributed by atoms with Crippen LogP contribution in [-0.2, 0) is 12.0 Å². The number of hydrogen-bond acceptors (Lipinski definition) is 3. The van der Waals surface area contributed by atoms with Crippen LogP contribution in [0.1, 0.15) is 61.6 Å². The number of hydrogen-bond donors (Lipinski definition) is 2. The van der Waals surface area contributed by atoms with Crippen LogP contribution < -0.4 is 10.9 Å². The predicted molar refractivity (Wildman–Crippen MR) is 109 cm³/mol. The Labute approximate surface area is 160 Å². The van der Waals surface area contributed by atoms with Gasteiger partial charge in [-0.05, 0) is 49.7 Å². The zero-order valence-electron chi connectivity index (χ0n) is 16.5. The number of aromatic nitrogens is 1. The lowest BCUT2D eigenvalue weighted by atomic mass is 9.91. The normalized spacial score (nSPS) is 15.5. The number of amides is 1. The van der Waals surface area contributed by atoms with Crippen molar-refractivity contribution in [2.45, 2.75) is 52.0 Å². The number of piperidine rings is 1. The van der Waals surface area contributed by atoms with E-state index in [4.69, 9.17) is 0 Å². The standard InChI is InChI=1S/C22H29N3O2/c1-22(2,3)19-12-11-17(21(27)24-19)20(26)23-18-10-6-5-9-16(18)15-25-13-7-4-8-14-25/h5-6,9-12H,4,7-8,13-15H2,1-3H3,(H,23,26)(H,24,27). The fourth-order valence-electron chi connectivity index (χ4n) is 3.42. The fraction of sp³-hybridized carbons (Fsp3) is 0.455. The Morgan fingerprint density at radius 2 is 1.78 bits per heavy atom. The minimum Gasteiger partial charge on any atom is -0.325 e. The first-order valence-corrected chi connectivity index (χ1v) is 9.70. The van der Waals surface area contributed by atoms with E-state index in [1.54, 1.807) is 6.07 Å². The van der Waals surface area contributed by atoms with Crippen molar-refractivity contribution in [2.75, 3.05) is 18.4 Å². The van der Waals surface area contributed by atoms with Crippen LogP contribution in [0.5, 0.6) is 0 Å². The molecule has 1 saturated heterocycles. The topological polar surface area (TPSA) is 65.2 Å². The maximum absolute atomic E-state index is 12.7. The Balaban J connectivity index is 1.77. The molecule has 1 aliphatic rings. The molecule has 0 radical (unpaired) electrons. The molecule has 2 heterocycles. The third kappa shape index (κ3) is 4.86. The Morgan fingerprint density at radius 1 is 1.07 bits per heavy atom. The van der Waals surface area contributed by atoms with Crippen molar-refractivity contribution in [1.82, 2.24) is 9.88 Å². The maximum Gasteiger partial charge on any atom is 0.261 e. The molecule has 0 saturated carbocycles. The van der Waals surface area contributed by atoms with E-state index in [0.717, 1.165) is 36.6 Å². The monoisotopic (exact) mass is 367 g/mol. The molecule has 0 unspecified atom stereocenters. The summed E-state index contributed by atoms with van der Waals surface area (Å²) < 4.78 is 0. The zero-order valence-corrected chi connectivity index (χ0v) is 16.5. The molecule has 27 heavy (non-hydrogen) atoms. The van der Waals surface area contributed by atoms with Crippen LogP contribution in [-0.4, -0.2) is 28.9 Å². The van der Waals surface area contributed by atoms with Gasteiger partial charge in [0.15, 0.2) is 0 Å². The molecule has 144 valence electrons. The molecule has 5 nitrogen and oxygen atoms in total. The van der Waals surface area contributed by atoms with Gasteiger partial charge in [-0.25, -0.2) is 0 Å². The van der Waals surface area contributed by atoms with E-state index in [2.05, 4.69) is 15.2 Å². The number of nitrogens with zero attached hydrogens (tertiary/aromatic N) is 1. The second-order valence-corrected chi connectivity index (χ2v) is 8.31. The maximum atomic E-state index is 12.7. The molecule has 1 amide bonds. The van der Waals surface area contributed by atoms with E-state index in [-0.39, 0.29) is 22.4 Å². The number of para-hydroxylation sites is 1. The van der Waals surface area contributed by atoms with E-state index in [1.807, 2.05) is 51.1 Å².